The Labute approximate surface area is 134 Å². The van der Waals surface area contributed by atoms with Crippen LogP contribution in [0.25, 0.3) is 0 Å². The number of hydrogen-bond donors (Lipinski definition) is 2. The van der Waals surface area contributed by atoms with E-state index in [9.17, 15) is 8.42 Å². The molecule has 0 bridgehead atoms. The Morgan fingerprint density at radius 3 is 2.40 bits per heavy atom. The molecule has 4 nitrogen and oxygen atoms in total. The molecule has 0 heterocycles. The quantitative estimate of drug-likeness (QED) is 0.747. The van der Waals surface area contributed by atoms with Gasteiger partial charge in [-0.15, -0.1) is 0 Å². The van der Waals surface area contributed by atoms with Crippen molar-refractivity contribution in [3.8, 4) is 0 Å². The normalized spacial score (nSPS) is 11.5. The first-order valence-electron chi connectivity index (χ1n) is 5.68. The minimum Gasteiger partial charge on any atom is -0.399 e. The van der Waals surface area contributed by atoms with Crippen molar-refractivity contribution in [2.45, 2.75) is 11.4 Å². The molecule has 0 saturated heterocycles. The Bertz CT molecular complexity index is 733. The van der Waals surface area contributed by atoms with E-state index < -0.39 is 10.0 Å². The molecule has 0 aliphatic rings. The van der Waals surface area contributed by atoms with Crippen LogP contribution in [0.1, 0.15) is 5.56 Å². The molecule has 2 rings (SSSR count). The van der Waals surface area contributed by atoms with Gasteiger partial charge < -0.3 is 5.73 Å². The van der Waals surface area contributed by atoms with E-state index in [1.807, 2.05) is 24.3 Å². The van der Waals surface area contributed by atoms with Crippen LogP contribution >= 0.6 is 31.9 Å². The summed E-state index contributed by atoms with van der Waals surface area (Å²) in [6.07, 6.45) is 0. The van der Waals surface area contributed by atoms with Gasteiger partial charge in [-0.3, -0.25) is 0 Å². The summed E-state index contributed by atoms with van der Waals surface area (Å²) in [5.74, 6) is 0. The number of halogens is 2. The number of nitrogens with one attached hydrogen (secondary N) is 1. The van der Waals surface area contributed by atoms with Gasteiger partial charge in [0.25, 0.3) is 0 Å². The van der Waals surface area contributed by atoms with E-state index in [-0.39, 0.29) is 11.4 Å². The van der Waals surface area contributed by atoms with Crippen molar-refractivity contribution in [2.75, 3.05) is 5.73 Å². The molecule has 0 saturated carbocycles. The highest BCUT2D eigenvalue weighted by Crippen LogP contribution is 2.24. The number of rotatable bonds is 4. The lowest BCUT2D eigenvalue weighted by molar-refractivity contribution is 0.580. The van der Waals surface area contributed by atoms with Crippen LogP contribution in [-0.4, -0.2) is 8.42 Å². The van der Waals surface area contributed by atoms with Gasteiger partial charge in [0, 0.05) is 21.2 Å². The van der Waals surface area contributed by atoms with Crippen molar-refractivity contribution in [1.29, 1.82) is 0 Å². The van der Waals surface area contributed by atoms with Crippen LogP contribution in [0.15, 0.2) is 56.3 Å². The van der Waals surface area contributed by atoms with Gasteiger partial charge in [-0.1, -0.05) is 34.1 Å². The monoisotopic (exact) mass is 418 g/mol. The third kappa shape index (κ3) is 3.60. The molecule has 0 spiro atoms. The molecule has 106 valence electrons. The SMILES string of the molecule is Nc1ccc(S(=O)(=O)NCc2ccccc2Br)c(Br)c1. The molecule has 0 radical (unpaired) electrons. The van der Waals surface area contributed by atoms with Gasteiger partial charge in [-0.25, -0.2) is 13.1 Å². The molecule has 0 aliphatic carbocycles. The van der Waals surface area contributed by atoms with Crippen LogP contribution in [0.2, 0.25) is 0 Å². The number of hydrogen-bond acceptors (Lipinski definition) is 3. The molecule has 2 aromatic carbocycles. The van der Waals surface area contributed by atoms with Gasteiger partial charge in [-0.2, -0.15) is 0 Å². The summed E-state index contributed by atoms with van der Waals surface area (Å²) in [6.45, 7) is 0.209. The maximum Gasteiger partial charge on any atom is 0.241 e. The molecule has 3 N–H and O–H groups in total. The highest BCUT2D eigenvalue weighted by atomic mass is 79.9. The molecular weight excluding hydrogens is 408 g/mol. The van der Waals surface area contributed by atoms with E-state index in [4.69, 9.17) is 5.73 Å². The predicted octanol–water partition coefficient (Wildman–Crippen LogP) is 3.27. The number of benzene rings is 2. The van der Waals surface area contributed by atoms with Gasteiger partial charge in [0.15, 0.2) is 0 Å². The zero-order chi connectivity index (χ0) is 14.8. The average molecular weight is 420 g/mol. The minimum atomic E-state index is -3.60. The second kappa shape index (κ2) is 6.26. The molecule has 0 fully saturated rings. The second-order valence-electron chi connectivity index (χ2n) is 4.11. The molecule has 0 atom stereocenters. The van der Waals surface area contributed by atoms with E-state index >= 15 is 0 Å². The van der Waals surface area contributed by atoms with Crippen molar-refractivity contribution in [2.24, 2.45) is 0 Å². The van der Waals surface area contributed by atoms with E-state index in [1.54, 1.807) is 12.1 Å². The highest BCUT2D eigenvalue weighted by molar-refractivity contribution is 9.10. The largest absolute Gasteiger partial charge is 0.399 e. The van der Waals surface area contributed by atoms with Gasteiger partial charge in [-0.05, 0) is 45.8 Å². The molecule has 0 amide bonds. The Morgan fingerprint density at radius 1 is 1.05 bits per heavy atom. The minimum absolute atomic E-state index is 0.166. The smallest absolute Gasteiger partial charge is 0.241 e. The third-order valence-electron chi connectivity index (χ3n) is 2.66. The standard InChI is InChI=1S/C13H12Br2N2O2S/c14-11-4-2-1-3-9(11)8-17-20(18,19)13-6-5-10(16)7-12(13)15/h1-7,17H,8,16H2. The second-order valence-corrected chi connectivity index (χ2v) is 7.55. The van der Waals surface area contributed by atoms with Crippen LogP contribution in [0, 0.1) is 0 Å². The summed E-state index contributed by atoms with van der Waals surface area (Å²) in [4.78, 5) is 0.166. The maximum absolute atomic E-state index is 12.3. The summed E-state index contributed by atoms with van der Waals surface area (Å²) in [5, 5.41) is 0. The fourth-order valence-corrected chi connectivity index (χ4v) is 4.15. The topological polar surface area (TPSA) is 72.2 Å². The zero-order valence-electron chi connectivity index (χ0n) is 10.3. The summed E-state index contributed by atoms with van der Waals surface area (Å²) in [6, 6.07) is 12.0. The molecule has 2 aromatic rings. The fourth-order valence-electron chi connectivity index (χ4n) is 1.63. The third-order valence-corrected chi connectivity index (χ3v) is 5.81. The van der Waals surface area contributed by atoms with Crippen molar-refractivity contribution >= 4 is 47.6 Å². The molecular formula is C13H12Br2N2O2S. The molecule has 7 heteroatoms. The van der Waals surface area contributed by atoms with Crippen LogP contribution in [-0.2, 0) is 16.6 Å². The fraction of sp³-hybridized carbons (Fsp3) is 0.0769. The van der Waals surface area contributed by atoms with Gasteiger partial charge in [0.05, 0.1) is 4.90 Å². The number of nitrogen functional groups attached to an aromatic ring is 1. The first-order chi connectivity index (χ1) is 9.40. The summed E-state index contributed by atoms with van der Waals surface area (Å²) in [7, 11) is -3.60. The highest BCUT2D eigenvalue weighted by Gasteiger charge is 2.17. The number of sulfonamides is 1. The van der Waals surface area contributed by atoms with Crippen LogP contribution < -0.4 is 10.5 Å². The van der Waals surface area contributed by atoms with Crippen LogP contribution in [0.4, 0.5) is 5.69 Å². The van der Waals surface area contributed by atoms with Crippen molar-refractivity contribution in [3.63, 3.8) is 0 Å². The Hall–Kier alpha value is -0.890. The van der Waals surface area contributed by atoms with E-state index in [0.29, 0.717) is 10.2 Å². The Balaban J connectivity index is 2.22. The van der Waals surface area contributed by atoms with Gasteiger partial charge >= 0.3 is 0 Å². The first kappa shape index (κ1) is 15.5. The van der Waals surface area contributed by atoms with Crippen LogP contribution in [0.3, 0.4) is 0 Å². The number of nitrogens with two attached hydrogens (primary N) is 1. The van der Waals surface area contributed by atoms with Crippen LogP contribution in [0.5, 0.6) is 0 Å². The predicted molar refractivity (Wildman–Crippen MR) is 86.7 cm³/mol. The van der Waals surface area contributed by atoms with Gasteiger partial charge in [0.1, 0.15) is 0 Å². The Morgan fingerprint density at radius 2 is 1.75 bits per heavy atom. The average Bonchev–Trinajstić information content (AvgIpc) is 2.37. The first-order valence-corrected chi connectivity index (χ1v) is 8.75. The lowest BCUT2D eigenvalue weighted by Crippen LogP contribution is -2.23. The van der Waals surface area contributed by atoms with E-state index in [1.165, 1.54) is 6.07 Å². The van der Waals surface area contributed by atoms with Crippen molar-refractivity contribution in [1.82, 2.24) is 4.72 Å². The lowest BCUT2D eigenvalue weighted by atomic mass is 10.2. The van der Waals surface area contributed by atoms with Crippen molar-refractivity contribution in [3.05, 3.63) is 57.0 Å². The van der Waals surface area contributed by atoms with E-state index in [2.05, 4.69) is 36.6 Å². The number of anilines is 1. The molecule has 0 aliphatic heterocycles. The summed E-state index contributed by atoms with van der Waals surface area (Å²) >= 11 is 6.60. The molecule has 0 unspecified atom stereocenters. The summed E-state index contributed by atoms with van der Waals surface area (Å²) in [5.41, 5.74) is 6.97. The van der Waals surface area contributed by atoms with Gasteiger partial charge in [0.2, 0.25) is 10.0 Å². The molecule has 0 aromatic heterocycles. The Kier molecular flexibility index (Phi) is 4.85. The molecule has 20 heavy (non-hydrogen) atoms. The zero-order valence-corrected chi connectivity index (χ0v) is 14.3. The lowest BCUT2D eigenvalue weighted by Gasteiger charge is -2.10. The van der Waals surface area contributed by atoms with Crippen molar-refractivity contribution < 1.29 is 8.42 Å². The maximum atomic E-state index is 12.3. The summed E-state index contributed by atoms with van der Waals surface area (Å²) < 4.78 is 28.4. The van der Waals surface area contributed by atoms with E-state index in [0.717, 1.165) is 10.0 Å².